The first-order valence-corrected chi connectivity index (χ1v) is 17.4. The summed E-state index contributed by atoms with van der Waals surface area (Å²) in [5.41, 5.74) is 0.0142. The Kier molecular flexibility index (Phi) is 12.3. The summed E-state index contributed by atoms with van der Waals surface area (Å²) in [6.07, 6.45) is 4.76. The minimum Gasteiger partial charge on any atom is -0.465 e. The Bertz CT molecular complexity index is 1750. The Morgan fingerprint density at radius 2 is 1.62 bits per heavy atom. The number of esters is 1. The average molecular weight is 741 g/mol. The van der Waals surface area contributed by atoms with Gasteiger partial charge in [-0.15, -0.1) is 0 Å². The highest BCUT2D eigenvalue weighted by Gasteiger charge is 2.43. The second-order valence-electron chi connectivity index (χ2n) is 13.3. The number of carbonyl (C=O) groups is 7. The summed E-state index contributed by atoms with van der Waals surface area (Å²) in [5, 5.41) is 7.62. The molecule has 3 fully saturated rings. The Labute approximate surface area is 304 Å². The standard InChI is InChI=1S/C36H42F2N6O9/c1-20-33(48)44-13-5-9-29(44)36(51)53-19-27(34(49)43-12-4-8-28(43)35(50)42(3)21(2)31(46)39-20)41-32(47)26(17-22-15-23(37)18-24(38)16-22)40-30(45)11-10-25-7-6-14-52-25/h6-7,10-11,14-16,18,20-21,26-29H,4-5,8-9,12-13,17,19H2,1-3H3,(H,39,46)(H,40,45)(H,41,47)/t20-,21-,26-,27-,28-,29-/m0/s1. The molecule has 284 valence electrons. The van der Waals surface area contributed by atoms with Crippen molar-refractivity contribution in [2.24, 2.45) is 0 Å². The van der Waals surface area contributed by atoms with E-state index in [0.717, 1.165) is 18.2 Å². The molecule has 6 atom stereocenters. The van der Waals surface area contributed by atoms with Gasteiger partial charge in [-0.1, -0.05) is 0 Å². The summed E-state index contributed by atoms with van der Waals surface area (Å²) in [4.78, 5) is 98.4. The molecule has 5 rings (SSSR count). The molecule has 3 saturated heterocycles. The van der Waals surface area contributed by atoms with E-state index in [4.69, 9.17) is 9.15 Å². The highest BCUT2D eigenvalue weighted by atomic mass is 19.1. The van der Waals surface area contributed by atoms with Crippen molar-refractivity contribution < 1.29 is 51.5 Å². The zero-order chi connectivity index (χ0) is 38.4. The van der Waals surface area contributed by atoms with Gasteiger partial charge in [-0.05, 0) is 75.4 Å². The first-order valence-electron chi connectivity index (χ1n) is 17.4. The quantitative estimate of drug-likeness (QED) is 0.271. The van der Waals surface area contributed by atoms with Gasteiger partial charge in [-0.2, -0.15) is 0 Å². The molecule has 6 amide bonds. The van der Waals surface area contributed by atoms with Crippen molar-refractivity contribution >= 4 is 47.5 Å². The third-order valence-corrected chi connectivity index (χ3v) is 9.61. The van der Waals surface area contributed by atoms with Crippen molar-refractivity contribution in [2.75, 3.05) is 26.7 Å². The third kappa shape index (κ3) is 9.25. The lowest BCUT2D eigenvalue weighted by Crippen LogP contribution is -2.60. The highest BCUT2D eigenvalue weighted by Crippen LogP contribution is 2.23. The highest BCUT2D eigenvalue weighted by molar-refractivity contribution is 5.98. The predicted octanol–water partition coefficient (Wildman–Crippen LogP) is 0.674. The van der Waals surface area contributed by atoms with Crippen LogP contribution in [0.2, 0.25) is 0 Å². The minimum absolute atomic E-state index is 0.0142. The summed E-state index contributed by atoms with van der Waals surface area (Å²) in [6.45, 7) is 2.56. The van der Waals surface area contributed by atoms with Crippen LogP contribution in [-0.4, -0.2) is 119 Å². The van der Waals surface area contributed by atoms with Gasteiger partial charge < -0.3 is 39.8 Å². The molecular formula is C36H42F2N6O9. The Balaban J connectivity index is 1.45. The fourth-order valence-corrected chi connectivity index (χ4v) is 6.66. The predicted molar refractivity (Wildman–Crippen MR) is 182 cm³/mol. The number of halogens is 2. The van der Waals surface area contributed by atoms with Crippen LogP contribution in [0.3, 0.4) is 0 Å². The summed E-state index contributed by atoms with van der Waals surface area (Å²) in [5.74, 6) is -6.59. The lowest BCUT2D eigenvalue weighted by Gasteiger charge is -2.34. The number of fused-ring (bicyclic) bond motifs is 2. The molecule has 17 heteroatoms. The number of hydrogen-bond donors (Lipinski definition) is 3. The van der Waals surface area contributed by atoms with Gasteiger partial charge in [0.05, 0.1) is 6.26 Å². The number of ether oxygens (including phenoxy) is 1. The number of carbonyl (C=O) groups excluding carboxylic acids is 7. The van der Waals surface area contributed by atoms with Crippen LogP contribution in [0, 0.1) is 11.6 Å². The normalized spacial score (nSPS) is 25.2. The molecule has 1 aromatic heterocycles. The van der Waals surface area contributed by atoms with Crippen molar-refractivity contribution in [2.45, 2.75) is 82.2 Å². The number of nitrogens with one attached hydrogen (secondary N) is 3. The Morgan fingerprint density at radius 1 is 0.962 bits per heavy atom. The molecule has 0 spiro atoms. The van der Waals surface area contributed by atoms with E-state index in [0.29, 0.717) is 24.7 Å². The van der Waals surface area contributed by atoms with Gasteiger partial charge in [0.1, 0.15) is 60.3 Å². The molecule has 15 nitrogen and oxygen atoms in total. The molecule has 3 aliphatic rings. The van der Waals surface area contributed by atoms with Crippen LogP contribution < -0.4 is 16.0 Å². The maximum atomic E-state index is 14.2. The second-order valence-corrected chi connectivity index (χ2v) is 13.3. The minimum atomic E-state index is -1.59. The fraction of sp³-hybridized carbons (Fsp3) is 0.472. The largest absolute Gasteiger partial charge is 0.465 e. The number of furan rings is 1. The van der Waals surface area contributed by atoms with Gasteiger partial charge >= 0.3 is 5.97 Å². The number of nitrogens with zero attached hydrogens (tertiary/aromatic N) is 3. The van der Waals surface area contributed by atoms with E-state index in [1.807, 2.05) is 0 Å². The number of rotatable bonds is 7. The molecule has 3 aliphatic heterocycles. The smallest absolute Gasteiger partial charge is 0.328 e. The lowest BCUT2D eigenvalue weighted by molar-refractivity contribution is -0.158. The van der Waals surface area contributed by atoms with Crippen molar-refractivity contribution in [3.8, 4) is 0 Å². The summed E-state index contributed by atoms with van der Waals surface area (Å²) in [6, 6.07) is -1.41. The molecule has 2 aromatic rings. The van der Waals surface area contributed by atoms with Crippen LogP contribution in [0.1, 0.15) is 50.9 Å². The van der Waals surface area contributed by atoms with E-state index in [9.17, 15) is 42.3 Å². The Morgan fingerprint density at radius 3 is 2.28 bits per heavy atom. The average Bonchev–Trinajstić information content (AvgIpc) is 3.92. The van der Waals surface area contributed by atoms with Crippen molar-refractivity contribution in [3.05, 3.63) is 65.6 Å². The lowest BCUT2D eigenvalue weighted by atomic mass is 10.0. The van der Waals surface area contributed by atoms with E-state index in [-0.39, 0.29) is 31.5 Å². The number of likely N-dealkylation sites (N-methyl/N-ethyl adjacent to an activating group) is 1. The summed E-state index contributed by atoms with van der Waals surface area (Å²) in [7, 11) is 1.41. The van der Waals surface area contributed by atoms with Crippen LogP contribution in [0.4, 0.5) is 8.78 Å². The third-order valence-electron chi connectivity index (χ3n) is 9.61. The van der Waals surface area contributed by atoms with Crippen molar-refractivity contribution in [1.82, 2.24) is 30.7 Å². The van der Waals surface area contributed by atoms with Crippen LogP contribution in [0.25, 0.3) is 6.08 Å². The first-order chi connectivity index (χ1) is 25.2. The zero-order valence-electron chi connectivity index (χ0n) is 29.5. The van der Waals surface area contributed by atoms with Crippen LogP contribution >= 0.6 is 0 Å². The fourth-order valence-electron chi connectivity index (χ4n) is 6.66. The number of amides is 6. The van der Waals surface area contributed by atoms with E-state index >= 15 is 0 Å². The molecule has 0 saturated carbocycles. The molecule has 53 heavy (non-hydrogen) atoms. The van der Waals surface area contributed by atoms with Crippen molar-refractivity contribution in [1.29, 1.82) is 0 Å². The van der Waals surface area contributed by atoms with E-state index in [2.05, 4.69) is 16.0 Å². The van der Waals surface area contributed by atoms with Gasteiger partial charge in [-0.3, -0.25) is 28.8 Å². The molecular weight excluding hydrogens is 698 g/mol. The second kappa shape index (κ2) is 16.8. The molecule has 0 bridgehead atoms. The molecule has 1 aromatic carbocycles. The van der Waals surface area contributed by atoms with Crippen LogP contribution in [0.5, 0.6) is 0 Å². The van der Waals surface area contributed by atoms with E-state index in [1.54, 1.807) is 12.1 Å². The maximum Gasteiger partial charge on any atom is 0.328 e. The van der Waals surface area contributed by atoms with Crippen molar-refractivity contribution in [3.63, 3.8) is 0 Å². The van der Waals surface area contributed by atoms with Gasteiger partial charge in [-0.25, -0.2) is 13.6 Å². The molecule has 4 heterocycles. The number of cyclic esters (lactones) is 1. The number of benzene rings is 1. The van der Waals surface area contributed by atoms with Gasteiger partial charge in [0.2, 0.25) is 35.4 Å². The van der Waals surface area contributed by atoms with E-state index in [1.165, 1.54) is 47.9 Å². The first kappa shape index (κ1) is 38.6. The van der Waals surface area contributed by atoms with Gasteiger partial charge in [0.25, 0.3) is 0 Å². The zero-order valence-corrected chi connectivity index (χ0v) is 29.5. The van der Waals surface area contributed by atoms with Crippen LogP contribution in [0.15, 0.2) is 47.1 Å². The molecule has 0 radical (unpaired) electrons. The topological polar surface area (TPSA) is 188 Å². The summed E-state index contributed by atoms with van der Waals surface area (Å²) < 4.78 is 39.0. The van der Waals surface area contributed by atoms with E-state index < -0.39 is 102 Å². The molecule has 0 aliphatic carbocycles. The van der Waals surface area contributed by atoms with Crippen LogP contribution in [-0.2, 0) is 44.7 Å². The number of hydrogen-bond acceptors (Lipinski definition) is 9. The monoisotopic (exact) mass is 740 g/mol. The summed E-state index contributed by atoms with van der Waals surface area (Å²) >= 11 is 0. The SMILES string of the molecule is C[C@@H]1NC(=O)[C@H](C)N(C)C(=O)[C@@H]2CCCN2C(=O)[C@@H](NC(=O)[C@H](Cc2cc(F)cc(F)c2)NC(=O)C=Cc2ccco2)COC(=O)[C@@H]2CCCN2C1=O. The molecule has 3 N–H and O–H groups in total. The van der Waals surface area contributed by atoms with Gasteiger partial charge in [0, 0.05) is 38.7 Å². The molecule has 0 unspecified atom stereocenters. The maximum absolute atomic E-state index is 14.2. The Hall–Kier alpha value is -5.61. The van der Waals surface area contributed by atoms with Gasteiger partial charge in [0.15, 0.2) is 0 Å².